The molecule has 0 bridgehead atoms. The van der Waals surface area contributed by atoms with E-state index in [2.05, 4.69) is 4.98 Å². The quantitative estimate of drug-likeness (QED) is 0.630. The van der Waals surface area contributed by atoms with E-state index in [1.165, 1.54) is 0 Å². The number of nitrogens with zero attached hydrogens (tertiary/aromatic N) is 1. The lowest BCUT2D eigenvalue weighted by Gasteiger charge is -1.99. The van der Waals surface area contributed by atoms with Gasteiger partial charge in [-0.15, -0.1) is 0 Å². The van der Waals surface area contributed by atoms with E-state index in [4.69, 9.17) is 27.6 Å². The molecule has 3 aromatic rings. The van der Waals surface area contributed by atoms with Gasteiger partial charge in [-0.2, -0.15) is 0 Å². The highest BCUT2D eigenvalue weighted by Crippen LogP contribution is 2.37. The van der Waals surface area contributed by atoms with Gasteiger partial charge in [0, 0.05) is 33.8 Å². The van der Waals surface area contributed by atoms with Crippen molar-refractivity contribution in [1.29, 1.82) is 0 Å². The summed E-state index contributed by atoms with van der Waals surface area (Å²) in [7, 11) is 0. The van der Waals surface area contributed by atoms with Crippen LogP contribution >= 0.6 is 23.2 Å². The number of fused-ring (bicyclic) bond motifs is 1. The molecule has 0 aliphatic heterocycles. The topological polar surface area (TPSA) is 26.0 Å². The summed E-state index contributed by atoms with van der Waals surface area (Å²) in [6.45, 7) is 0. The molecule has 0 spiro atoms. The zero-order chi connectivity index (χ0) is 11.8. The van der Waals surface area contributed by atoms with Crippen LogP contribution in [0.5, 0.6) is 0 Å². The van der Waals surface area contributed by atoms with Crippen molar-refractivity contribution < 1.29 is 4.42 Å². The molecule has 0 amide bonds. The molecule has 0 aliphatic carbocycles. The predicted octanol–water partition coefficient (Wildman–Crippen LogP) is 4.80. The molecule has 2 aromatic heterocycles. The van der Waals surface area contributed by atoms with Crippen molar-refractivity contribution in [2.45, 2.75) is 0 Å². The van der Waals surface area contributed by atoms with Crippen molar-refractivity contribution in [1.82, 2.24) is 4.98 Å². The van der Waals surface area contributed by atoms with E-state index in [1.54, 1.807) is 24.7 Å². The van der Waals surface area contributed by atoms with Crippen LogP contribution in [-0.2, 0) is 0 Å². The van der Waals surface area contributed by atoms with Gasteiger partial charge in [0.15, 0.2) is 0 Å². The number of hydrogen-bond donors (Lipinski definition) is 0. The van der Waals surface area contributed by atoms with Crippen LogP contribution in [-0.4, -0.2) is 4.98 Å². The molecule has 3 rings (SSSR count). The maximum atomic E-state index is 6.20. The molecule has 0 radical (unpaired) electrons. The first kappa shape index (κ1) is 10.6. The Morgan fingerprint density at radius 3 is 2.59 bits per heavy atom. The third-order valence-electron chi connectivity index (χ3n) is 2.56. The van der Waals surface area contributed by atoms with Gasteiger partial charge in [-0.3, -0.25) is 4.98 Å². The van der Waals surface area contributed by atoms with Crippen LogP contribution < -0.4 is 0 Å². The molecule has 0 saturated carbocycles. The molecule has 0 N–H and O–H groups in total. The van der Waals surface area contributed by atoms with Gasteiger partial charge in [0.25, 0.3) is 0 Å². The molecular weight excluding hydrogens is 257 g/mol. The summed E-state index contributed by atoms with van der Waals surface area (Å²) in [6.07, 6.45) is 5.09. The summed E-state index contributed by atoms with van der Waals surface area (Å²) in [6, 6.07) is 7.30. The lowest BCUT2D eigenvalue weighted by atomic mass is 10.1. The first-order chi connectivity index (χ1) is 8.25. The number of aromatic nitrogens is 1. The Bertz CT molecular complexity index is 676. The van der Waals surface area contributed by atoms with Gasteiger partial charge < -0.3 is 4.42 Å². The minimum atomic E-state index is 0.591. The zero-order valence-corrected chi connectivity index (χ0v) is 10.2. The summed E-state index contributed by atoms with van der Waals surface area (Å²) in [4.78, 5) is 3.98. The molecular formula is C13H7Cl2NO. The van der Waals surface area contributed by atoms with E-state index in [0.717, 1.165) is 22.1 Å². The Morgan fingerprint density at radius 2 is 1.82 bits per heavy atom. The van der Waals surface area contributed by atoms with Crippen molar-refractivity contribution in [2.24, 2.45) is 0 Å². The zero-order valence-electron chi connectivity index (χ0n) is 8.65. The Labute approximate surface area is 108 Å². The summed E-state index contributed by atoms with van der Waals surface area (Å²) >= 11 is 12.1. The highest BCUT2D eigenvalue weighted by molar-refractivity contribution is 6.39. The van der Waals surface area contributed by atoms with E-state index < -0.39 is 0 Å². The largest absolute Gasteiger partial charge is 0.463 e. The van der Waals surface area contributed by atoms with Crippen LogP contribution in [0, 0.1) is 0 Å². The summed E-state index contributed by atoms with van der Waals surface area (Å²) < 4.78 is 5.57. The predicted molar refractivity (Wildman–Crippen MR) is 69.5 cm³/mol. The lowest BCUT2D eigenvalue weighted by molar-refractivity contribution is 0.587. The average molecular weight is 264 g/mol. The summed E-state index contributed by atoms with van der Waals surface area (Å²) in [5.41, 5.74) is 0.944. The number of pyridine rings is 1. The molecule has 1 aromatic carbocycles. The van der Waals surface area contributed by atoms with Crippen molar-refractivity contribution in [3.63, 3.8) is 0 Å². The van der Waals surface area contributed by atoms with Crippen LogP contribution in [0.4, 0.5) is 0 Å². The molecule has 0 unspecified atom stereocenters. The van der Waals surface area contributed by atoms with E-state index in [1.807, 2.05) is 18.2 Å². The van der Waals surface area contributed by atoms with Gasteiger partial charge in [-0.25, -0.2) is 0 Å². The fraction of sp³-hybridized carbons (Fsp3) is 0. The molecule has 0 aliphatic rings. The number of rotatable bonds is 1. The van der Waals surface area contributed by atoms with Crippen LogP contribution in [0.2, 0.25) is 10.0 Å². The van der Waals surface area contributed by atoms with Crippen LogP contribution in [0.1, 0.15) is 0 Å². The standard InChI is InChI=1S/C13H7Cl2NO/c14-10-5-9-7-17-13(12(9)11(15)6-10)8-1-3-16-4-2-8/h1-7H. The highest BCUT2D eigenvalue weighted by atomic mass is 35.5. The summed E-state index contributed by atoms with van der Waals surface area (Å²) in [5.74, 6) is 0.740. The SMILES string of the molecule is Clc1cc(Cl)c2c(-c3ccncc3)occ2c1. The first-order valence-electron chi connectivity index (χ1n) is 5.02. The number of benzene rings is 1. The van der Waals surface area contributed by atoms with Gasteiger partial charge in [0.05, 0.1) is 11.3 Å². The molecule has 0 fully saturated rings. The summed E-state index contributed by atoms with van der Waals surface area (Å²) in [5, 5.41) is 2.97. The highest BCUT2D eigenvalue weighted by Gasteiger charge is 2.12. The van der Waals surface area contributed by atoms with Gasteiger partial charge in [-0.1, -0.05) is 23.2 Å². The van der Waals surface area contributed by atoms with Crippen LogP contribution in [0.25, 0.3) is 22.1 Å². The third kappa shape index (κ3) is 1.79. The second kappa shape index (κ2) is 4.06. The number of halogens is 2. The Morgan fingerprint density at radius 1 is 1.06 bits per heavy atom. The number of furan rings is 1. The van der Waals surface area contributed by atoms with Gasteiger partial charge in [-0.05, 0) is 24.3 Å². The van der Waals surface area contributed by atoms with Crippen LogP contribution in [0.15, 0.2) is 47.3 Å². The number of hydrogen-bond acceptors (Lipinski definition) is 2. The first-order valence-corrected chi connectivity index (χ1v) is 5.78. The van der Waals surface area contributed by atoms with E-state index >= 15 is 0 Å². The molecule has 0 saturated heterocycles. The molecule has 17 heavy (non-hydrogen) atoms. The Balaban J connectivity index is 2.32. The third-order valence-corrected chi connectivity index (χ3v) is 3.08. The van der Waals surface area contributed by atoms with Crippen molar-refractivity contribution in [3.05, 3.63) is 53.0 Å². The van der Waals surface area contributed by atoms with E-state index in [9.17, 15) is 0 Å². The second-order valence-corrected chi connectivity index (χ2v) is 4.50. The minimum Gasteiger partial charge on any atom is -0.463 e. The smallest absolute Gasteiger partial charge is 0.143 e. The second-order valence-electron chi connectivity index (χ2n) is 3.65. The van der Waals surface area contributed by atoms with Crippen LogP contribution in [0.3, 0.4) is 0 Å². The normalized spacial score (nSPS) is 10.9. The van der Waals surface area contributed by atoms with E-state index in [0.29, 0.717) is 10.0 Å². The fourth-order valence-electron chi connectivity index (χ4n) is 1.82. The fourth-order valence-corrected chi connectivity index (χ4v) is 2.42. The molecule has 2 heterocycles. The average Bonchev–Trinajstić information content (AvgIpc) is 2.74. The molecule has 84 valence electrons. The molecule has 4 heteroatoms. The van der Waals surface area contributed by atoms with Crippen molar-refractivity contribution in [2.75, 3.05) is 0 Å². The monoisotopic (exact) mass is 263 g/mol. The maximum absolute atomic E-state index is 6.20. The van der Waals surface area contributed by atoms with E-state index in [-0.39, 0.29) is 0 Å². The van der Waals surface area contributed by atoms with Gasteiger partial charge >= 0.3 is 0 Å². The van der Waals surface area contributed by atoms with Gasteiger partial charge in [0.1, 0.15) is 5.76 Å². The van der Waals surface area contributed by atoms with Gasteiger partial charge in [0.2, 0.25) is 0 Å². The lowest BCUT2D eigenvalue weighted by Crippen LogP contribution is -1.77. The Hall–Kier alpha value is -1.51. The van der Waals surface area contributed by atoms with Crippen molar-refractivity contribution >= 4 is 34.0 Å². The Kier molecular flexibility index (Phi) is 2.54. The van der Waals surface area contributed by atoms with Crippen molar-refractivity contribution in [3.8, 4) is 11.3 Å². The minimum absolute atomic E-state index is 0.591. The molecule has 2 nitrogen and oxygen atoms in total. The maximum Gasteiger partial charge on any atom is 0.143 e. The molecule has 0 atom stereocenters.